The molecular formula is C15H22N2O2. The maximum Gasteiger partial charge on any atom is 0.308 e. The Hall–Kier alpha value is -1.42. The quantitative estimate of drug-likeness (QED) is 0.824. The summed E-state index contributed by atoms with van der Waals surface area (Å²) in [6, 6.07) is 4.65. The average Bonchev–Trinajstić information content (AvgIpc) is 2.48. The van der Waals surface area contributed by atoms with Gasteiger partial charge in [0.15, 0.2) is 0 Å². The first kappa shape index (κ1) is 14.0. The van der Waals surface area contributed by atoms with E-state index in [9.17, 15) is 4.79 Å². The predicted molar refractivity (Wildman–Crippen MR) is 73.7 cm³/mol. The van der Waals surface area contributed by atoms with Crippen LogP contribution in [0.1, 0.15) is 31.2 Å². The van der Waals surface area contributed by atoms with E-state index in [1.807, 2.05) is 12.4 Å². The number of nitrogens with one attached hydrogen (secondary N) is 1. The second-order valence-electron chi connectivity index (χ2n) is 5.13. The van der Waals surface area contributed by atoms with E-state index in [1.165, 1.54) is 12.7 Å². The van der Waals surface area contributed by atoms with Gasteiger partial charge in [0, 0.05) is 18.4 Å². The van der Waals surface area contributed by atoms with Gasteiger partial charge in [0.2, 0.25) is 0 Å². The Morgan fingerprint density at radius 3 is 2.63 bits per heavy atom. The minimum absolute atomic E-state index is 0.0461. The summed E-state index contributed by atoms with van der Waals surface area (Å²) < 4.78 is 4.80. The fraction of sp³-hybridized carbons (Fsp3) is 0.600. The first-order chi connectivity index (χ1) is 9.29. The fourth-order valence-corrected chi connectivity index (χ4v) is 2.67. The van der Waals surface area contributed by atoms with Crippen molar-refractivity contribution in [3.8, 4) is 0 Å². The van der Waals surface area contributed by atoms with Gasteiger partial charge in [-0.05, 0) is 56.3 Å². The van der Waals surface area contributed by atoms with Crippen LogP contribution in [0.3, 0.4) is 0 Å². The van der Waals surface area contributed by atoms with Crippen LogP contribution in [0.15, 0.2) is 24.5 Å². The maximum absolute atomic E-state index is 11.4. The van der Waals surface area contributed by atoms with Gasteiger partial charge in [-0.1, -0.05) is 0 Å². The molecule has 0 aliphatic heterocycles. The molecule has 1 heterocycles. The van der Waals surface area contributed by atoms with Crippen molar-refractivity contribution in [3.63, 3.8) is 0 Å². The van der Waals surface area contributed by atoms with E-state index >= 15 is 0 Å². The molecule has 4 nitrogen and oxygen atoms in total. The number of carbonyl (C=O) groups is 1. The number of ether oxygens (including phenoxy) is 1. The first-order valence-electron chi connectivity index (χ1n) is 6.99. The number of esters is 1. The third-order valence-electron chi connectivity index (χ3n) is 3.86. The number of methoxy groups -OCH3 is 1. The zero-order valence-corrected chi connectivity index (χ0v) is 11.5. The second kappa shape index (κ2) is 7.24. The lowest BCUT2D eigenvalue weighted by Crippen LogP contribution is -2.36. The molecule has 104 valence electrons. The van der Waals surface area contributed by atoms with E-state index in [1.54, 1.807) is 0 Å². The summed E-state index contributed by atoms with van der Waals surface area (Å²) in [5.74, 6) is 0.0680. The smallest absolute Gasteiger partial charge is 0.308 e. The van der Waals surface area contributed by atoms with Crippen molar-refractivity contribution in [3.05, 3.63) is 30.1 Å². The Kier molecular flexibility index (Phi) is 5.33. The molecule has 0 spiro atoms. The third kappa shape index (κ3) is 4.31. The monoisotopic (exact) mass is 262 g/mol. The van der Waals surface area contributed by atoms with Crippen LogP contribution in [0.5, 0.6) is 0 Å². The van der Waals surface area contributed by atoms with Crippen LogP contribution in [0, 0.1) is 5.92 Å². The molecule has 1 N–H and O–H groups in total. The zero-order valence-electron chi connectivity index (χ0n) is 11.5. The molecule has 1 aliphatic rings. The topological polar surface area (TPSA) is 51.2 Å². The molecule has 0 radical (unpaired) electrons. The van der Waals surface area contributed by atoms with Gasteiger partial charge in [-0.15, -0.1) is 0 Å². The summed E-state index contributed by atoms with van der Waals surface area (Å²) in [7, 11) is 1.47. The number of pyridine rings is 1. The van der Waals surface area contributed by atoms with Gasteiger partial charge >= 0.3 is 5.97 Å². The van der Waals surface area contributed by atoms with Crippen molar-refractivity contribution in [2.75, 3.05) is 13.7 Å². The molecule has 1 aromatic heterocycles. The van der Waals surface area contributed by atoms with Crippen molar-refractivity contribution in [1.82, 2.24) is 10.3 Å². The van der Waals surface area contributed by atoms with Gasteiger partial charge in [0.1, 0.15) is 0 Å². The molecule has 1 aliphatic carbocycles. The molecule has 1 saturated carbocycles. The highest BCUT2D eigenvalue weighted by molar-refractivity contribution is 5.72. The van der Waals surface area contributed by atoms with Crippen LogP contribution in [0.2, 0.25) is 0 Å². The molecule has 0 bridgehead atoms. The Labute approximate surface area is 114 Å². The van der Waals surface area contributed by atoms with Gasteiger partial charge < -0.3 is 10.1 Å². The Balaban J connectivity index is 1.65. The lowest BCUT2D eigenvalue weighted by Gasteiger charge is -2.27. The number of hydrogen-bond acceptors (Lipinski definition) is 4. The van der Waals surface area contributed by atoms with Gasteiger partial charge in [0.25, 0.3) is 0 Å². The zero-order chi connectivity index (χ0) is 13.5. The minimum atomic E-state index is -0.0461. The number of nitrogens with zero attached hydrogens (tertiary/aromatic N) is 1. The molecule has 0 atom stereocenters. The van der Waals surface area contributed by atoms with Crippen molar-refractivity contribution in [2.24, 2.45) is 5.92 Å². The molecule has 0 unspecified atom stereocenters. The van der Waals surface area contributed by atoms with E-state index in [0.717, 1.165) is 38.6 Å². The standard InChI is InChI=1S/C15H22N2O2/c1-19-15(18)13-2-4-14(5-3-13)17-11-8-12-6-9-16-10-7-12/h6-7,9-10,13-14,17H,2-5,8,11H2,1H3. The van der Waals surface area contributed by atoms with Crippen LogP contribution >= 0.6 is 0 Å². The normalized spacial score (nSPS) is 23.0. The van der Waals surface area contributed by atoms with Crippen LogP contribution in [-0.4, -0.2) is 30.6 Å². The highest BCUT2D eigenvalue weighted by Crippen LogP contribution is 2.25. The molecule has 0 aromatic carbocycles. The summed E-state index contributed by atoms with van der Waals surface area (Å²) >= 11 is 0. The van der Waals surface area contributed by atoms with Crippen LogP contribution in [0.25, 0.3) is 0 Å². The van der Waals surface area contributed by atoms with Crippen LogP contribution in [-0.2, 0) is 16.0 Å². The maximum atomic E-state index is 11.4. The van der Waals surface area contributed by atoms with E-state index in [-0.39, 0.29) is 11.9 Å². The summed E-state index contributed by atoms with van der Waals surface area (Å²) in [6.07, 6.45) is 8.71. The summed E-state index contributed by atoms with van der Waals surface area (Å²) in [5.41, 5.74) is 1.31. The molecule has 2 rings (SSSR count). The number of carbonyl (C=O) groups excluding carboxylic acids is 1. The molecule has 0 amide bonds. The minimum Gasteiger partial charge on any atom is -0.469 e. The molecule has 1 fully saturated rings. The first-order valence-corrected chi connectivity index (χ1v) is 6.99. The van der Waals surface area contributed by atoms with Gasteiger partial charge in [-0.2, -0.15) is 0 Å². The fourth-order valence-electron chi connectivity index (χ4n) is 2.67. The number of hydrogen-bond donors (Lipinski definition) is 1. The molecule has 1 aromatic rings. The van der Waals surface area contributed by atoms with Crippen molar-refractivity contribution >= 4 is 5.97 Å². The Morgan fingerprint density at radius 1 is 1.32 bits per heavy atom. The van der Waals surface area contributed by atoms with Crippen LogP contribution in [0.4, 0.5) is 0 Å². The van der Waals surface area contributed by atoms with E-state index < -0.39 is 0 Å². The van der Waals surface area contributed by atoms with E-state index in [4.69, 9.17) is 4.74 Å². The predicted octanol–water partition coefficient (Wildman–Crippen LogP) is 1.95. The molecule has 0 saturated heterocycles. The van der Waals surface area contributed by atoms with Gasteiger partial charge in [-0.25, -0.2) is 0 Å². The highest BCUT2D eigenvalue weighted by atomic mass is 16.5. The Bertz CT molecular complexity index is 386. The molecule has 4 heteroatoms. The number of rotatable bonds is 5. The molecular weight excluding hydrogens is 240 g/mol. The SMILES string of the molecule is COC(=O)C1CCC(NCCc2ccncc2)CC1. The summed E-state index contributed by atoms with van der Waals surface area (Å²) in [4.78, 5) is 15.4. The largest absolute Gasteiger partial charge is 0.469 e. The van der Waals surface area contributed by atoms with E-state index in [0.29, 0.717) is 6.04 Å². The number of aromatic nitrogens is 1. The lowest BCUT2D eigenvalue weighted by molar-refractivity contribution is -0.146. The van der Waals surface area contributed by atoms with E-state index in [2.05, 4.69) is 22.4 Å². The van der Waals surface area contributed by atoms with Gasteiger partial charge in [0.05, 0.1) is 13.0 Å². The average molecular weight is 262 g/mol. The Morgan fingerprint density at radius 2 is 2.00 bits per heavy atom. The van der Waals surface area contributed by atoms with Crippen molar-refractivity contribution in [2.45, 2.75) is 38.1 Å². The van der Waals surface area contributed by atoms with Crippen molar-refractivity contribution < 1.29 is 9.53 Å². The highest BCUT2D eigenvalue weighted by Gasteiger charge is 2.26. The van der Waals surface area contributed by atoms with Gasteiger partial charge in [-0.3, -0.25) is 9.78 Å². The third-order valence-corrected chi connectivity index (χ3v) is 3.86. The lowest BCUT2D eigenvalue weighted by atomic mass is 9.86. The summed E-state index contributed by atoms with van der Waals surface area (Å²) in [5, 5.41) is 3.58. The second-order valence-corrected chi connectivity index (χ2v) is 5.13. The molecule has 19 heavy (non-hydrogen) atoms. The van der Waals surface area contributed by atoms with Crippen molar-refractivity contribution in [1.29, 1.82) is 0 Å². The van der Waals surface area contributed by atoms with Crippen LogP contribution < -0.4 is 5.32 Å². The summed E-state index contributed by atoms with van der Waals surface area (Å²) in [6.45, 7) is 0.984.